The topological polar surface area (TPSA) is 35.5 Å². The van der Waals surface area contributed by atoms with Gasteiger partial charge >= 0.3 is 0 Å². The summed E-state index contributed by atoms with van der Waals surface area (Å²) in [4.78, 5) is 2.43. The predicted octanol–water partition coefficient (Wildman–Crippen LogP) is 4.98. The normalized spacial score (nSPS) is 23.0. The summed E-state index contributed by atoms with van der Waals surface area (Å²) in [5.41, 5.74) is 5.33. The summed E-state index contributed by atoms with van der Waals surface area (Å²) < 4.78 is 26.7. The molecule has 3 aromatic rings. The molecule has 0 aliphatic carbocycles. The van der Waals surface area contributed by atoms with Crippen LogP contribution in [0.5, 0.6) is 0 Å². The van der Waals surface area contributed by atoms with Gasteiger partial charge in [-0.15, -0.1) is 0 Å². The van der Waals surface area contributed by atoms with Crippen LogP contribution in [-0.4, -0.2) is 29.2 Å². The Morgan fingerprint density at radius 1 is 0.900 bits per heavy atom. The predicted molar refractivity (Wildman–Crippen MR) is 114 cm³/mol. The zero-order valence-electron chi connectivity index (χ0n) is 16.6. The minimum absolute atomic E-state index is 0.0115. The number of anilines is 1. The van der Waals surface area contributed by atoms with Gasteiger partial charge in [-0.2, -0.15) is 0 Å². The molecule has 0 radical (unpaired) electrons. The van der Waals surface area contributed by atoms with Gasteiger partial charge in [0.2, 0.25) is 0 Å². The molecule has 30 heavy (non-hydrogen) atoms. The van der Waals surface area contributed by atoms with E-state index in [-0.39, 0.29) is 30.3 Å². The van der Waals surface area contributed by atoms with Crippen LogP contribution in [0.15, 0.2) is 66.7 Å². The number of nitrogens with zero attached hydrogens (tertiary/aromatic N) is 1. The van der Waals surface area contributed by atoms with Gasteiger partial charge in [0.15, 0.2) is 0 Å². The van der Waals surface area contributed by atoms with Gasteiger partial charge in [-0.05, 0) is 71.6 Å². The molecule has 0 spiro atoms. The molecular weight excluding hydrogens is 382 g/mol. The van der Waals surface area contributed by atoms with Crippen molar-refractivity contribution in [2.24, 2.45) is 5.92 Å². The zero-order valence-corrected chi connectivity index (χ0v) is 16.6. The first kappa shape index (κ1) is 19.2. The van der Waals surface area contributed by atoms with Crippen LogP contribution in [-0.2, 0) is 6.54 Å². The monoisotopic (exact) mass is 406 g/mol. The molecule has 2 aliphatic heterocycles. The molecule has 1 fully saturated rings. The SMILES string of the molecule is OC[C@H]1Nc2ccc(-c3ccc(F)cc3)cc2[C@H]2[C@@H]1CCN2Cc1ccc(F)cc1. The molecule has 0 unspecified atom stereocenters. The van der Waals surface area contributed by atoms with Gasteiger partial charge in [0.1, 0.15) is 11.6 Å². The summed E-state index contributed by atoms with van der Waals surface area (Å²) in [6, 6.07) is 19.7. The first-order valence-corrected chi connectivity index (χ1v) is 10.4. The van der Waals surface area contributed by atoms with E-state index >= 15 is 0 Å². The smallest absolute Gasteiger partial charge is 0.123 e. The Kier molecular flexibility index (Phi) is 5.01. The average molecular weight is 406 g/mol. The number of benzene rings is 3. The number of aliphatic hydroxyl groups excluding tert-OH is 1. The van der Waals surface area contributed by atoms with E-state index in [1.165, 1.54) is 29.8 Å². The molecule has 5 rings (SSSR count). The van der Waals surface area contributed by atoms with Gasteiger partial charge in [-0.25, -0.2) is 8.78 Å². The van der Waals surface area contributed by atoms with E-state index in [1.807, 2.05) is 18.2 Å². The Hall–Kier alpha value is -2.76. The zero-order chi connectivity index (χ0) is 20.7. The highest BCUT2D eigenvalue weighted by Gasteiger charge is 2.43. The van der Waals surface area contributed by atoms with E-state index < -0.39 is 0 Å². The number of likely N-dealkylation sites (tertiary alicyclic amines) is 1. The van der Waals surface area contributed by atoms with Crippen LogP contribution in [0.1, 0.15) is 23.6 Å². The van der Waals surface area contributed by atoms with Crippen LogP contribution in [0.2, 0.25) is 0 Å². The van der Waals surface area contributed by atoms with E-state index in [0.29, 0.717) is 5.92 Å². The second-order valence-corrected chi connectivity index (χ2v) is 8.24. The Bertz CT molecular complexity index is 1040. The maximum Gasteiger partial charge on any atom is 0.123 e. The number of halogens is 2. The summed E-state index contributed by atoms with van der Waals surface area (Å²) in [5, 5.41) is 13.5. The molecular formula is C25H24F2N2O. The number of hydrogen-bond acceptors (Lipinski definition) is 3. The maximum absolute atomic E-state index is 13.4. The molecule has 0 bridgehead atoms. The van der Waals surface area contributed by atoms with Crippen molar-refractivity contribution in [3.8, 4) is 11.1 Å². The van der Waals surface area contributed by atoms with E-state index in [0.717, 1.165) is 41.9 Å². The average Bonchev–Trinajstić information content (AvgIpc) is 3.19. The fourth-order valence-electron chi connectivity index (χ4n) is 4.98. The minimum Gasteiger partial charge on any atom is -0.394 e. The standard InChI is InChI=1S/C25H24F2N2O/c26-19-6-1-16(2-7-19)14-29-12-11-21-24(15-30)28-23-10-5-18(13-22(23)25(21)29)17-3-8-20(27)9-4-17/h1-10,13,21,24-25,28,30H,11-12,14-15H2/t21-,24-,25-/m1/s1. The number of nitrogens with one attached hydrogen (secondary N) is 1. The summed E-state index contributed by atoms with van der Waals surface area (Å²) >= 11 is 0. The van der Waals surface area contributed by atoms with Crippen molar-refractivity contribution < 1.29 is 13.9 Å². The highest BCUT2D eigenvalue weighted by atomic mass is 19.1. The van der Waals surface area contributed by atoms with Crippen LogP contribution in [0.25, 0.3) is 11.1 Å². The molecule has 5 heteroatoms. The molecule has 0 saturated carbocycles. The minimum atomic E-state index is -0.245. The maximum atomic E-state index is 13.4. The molecule has 0 aromatic heterocycles. The van der Waals surface area contributed by atoms with Crippen molar-refractivity contribution in [3.63, 3.8) is 0 Å². The van der Waals surface area contributed by atoms with E-state index in [4.69, 9.17) is 0 Å². The first-order valence-electron chi connectivity index (χ1n) is 10.4. The Morgan fingerprint density at radius 3 is 2.27 bits per heavy atom. The number of aliphatic hydroxyl groups is 1. The van der Waals surface area contributed by atoms with Gasteiger partial charge in [-0.1, -0.05) is 30.3 Å². The first-order chi connectivity index (χ1) is 14.6. The van der Waals surface area contributed by atoms with Crippen molar-refractivity contribution in [1.82, 2.24) is 4.90 Å². The third-order valence-electron chi connectivity index (χ3n) is 6.45. The lowest BCUT2D eigenvalue weighted by atomic mass is 9.82. The van der Waals surface area contributed by atoms with Crippen LogP contribution >= 0.6 is 0 Å². The van der Waals surface area contributed by atoms with Crippen LogP contribution < -0.4 is 5.32 Å². The van der Waals surface area contributed by atoms with Gasteiger partial charge in [0.05, 0.1) is 12.6 Å². The van der Waals surface area contributed by atoms with Crippen molar-refractivity contribution in [2.75, 3.05) is 18.5 Å². The van der Waals surface area contributed by atoms with Gasteiger partial charge in [0.25, 0.3) is 0 Å². The molecule has 3 nitrogen and oxygen atoms in total. The van der Waals surface area contributed by atoms with Crippen LogP contribution in [0.4, 0.5) is 14.5 Å². The highest BCUT2D eigenvalue weighted by Crippen LogP contribution is 2.47. The number of hydrogen-bond donors (Lipinski definition) is 2. The molecule has 2 N–H and O–H groups in total. The molecule has 2 aliphatic rings. The van der Waals surface area contributed by atoms with E-state index in [2.05, 4.69) is 22.3 Å². The van der Waals surface area contributed by atoms with E-state index in [1.54, 1.807) is 12.1 Å². The second kappa shape index (κ2) is 7.82. The van der Waals surface area contributed by atoms with Gasteiger partial charge in [0, 0.05) is 24.2 Å². The number of rotatable bonds is 4. The van der Waals surface area contributed by atoms with Crippen molar-refractivity contribution >= 4 is 5.69 Å². The quantitative estimate of drug-likeness (QED) is 0.641. The molecule has 2 heterocycles. The lowest BCUT2D eigenvalue weighted by Gasteiger charge is -2.39. The summed E-state index contributed by atoms with van der Waals surface area (Å²) in [7, 11) is 0. The summed E-state index contributed by atoms with van der Waals surface area (Å²) in [5.74, 6) is -0.175. The summed E-state index contributed by atoms with van der Waals surface area (Å²) in [6.07, 6.45) is 0.990. The Balaban J connectivity index is 1.52. The second-order valence-electron chi connectivity index (χ2n) is 8.24. The fourth-order valence-corrected chi connectivity index (χ4v) is 4.98. The van der Waals surface area contributed by atoms with E-state index in [9.17, 15) is 13.9 Å². The Labute approximate surface area is 175 Å². The molecule has 3 aromatic carbocycles. The fraction of sp³-hybridized carbons (Fsp3) is 0.280. The third-order valence-corrected chi connectivity index (χ3v) is 6.45. The van der Waals surface area contributed by atoms with Gasteiger partial charge < -0.3 is 10.4 Å². The largest absolute Gasteiger partial charge is 0.394 e. The molecule has 3 atom stereocenters. The Morgan fingerprint density at radius 2 is 1.57 bits per heavy atom. The van der Waals surface area contributed by atoms with Crippen molar-refractivity contribution in [1.29, 1.82) is 0 Å². The summed E-state index contributed by atoms with van der Waals surface area (Å²) in [6.45, 7) is 1.75. The lowest BCUT2D eigenvalue weighted by molar-refractivity contribution is 0.172. The molecule has 0 amide bonds. The molecule has 154 valence electrons. The molecule has 1 saturated heterocycles. The van der Waals surface area contributed by atoms with Gasteiger partial charge in [-0.3, -0.25) is 4.90 Å². The third kappa shape index (κ3) is 3.48. The lowest BCUT2D eigenvalue weighted by Crippen LogP contribution is -2.41. The van der Waals surface area contributed by atoms with Crippen LogP contribution in [0.3, 0.4) is 0 Å². The van der Waals surface area contributed by atoms with Crippen LogP contribution in [0, 0.1) is 17.6 Å². The van der Waals surface area contributed by atoms with Crippen molar-refractivity contribution in [2.45, 2.75) is 25.0 Å². The number of fused-ring (bicyclic) bond motifs is 3. The van der Waals surface area contributed by atoms with Crippen molar-refractivity contribution in [3.05, 3.63) is 89.5 Å². The highest BCUT2D eigenvalue weighted by molar-refractivity contribution is 5.70.